The molecule has 2 heterocycles. The molecule has 1 amide bonds. The van der Waals surface area contributed by atoms with E-state index in [0.717, 1.165) is 18.4 Å². The van der Waals surface area contributed by atoms with Crippen LogP contribution < -0.4 is 5.73 Å². The van der Waals surface area contributed by atoms with Crippen molar-refractivity contribution in [2.75, 3.05) is 13.1 Å². The Hall–Kier alpha value is -1.90. The fourth-order valence-electron chi connectivity index (χ4n) is 2.71. The number of carbonyl (C=O) groups is 1. The minimum Gasteiger partial charge on any atom is -0.368 e. The second kappa shape index (κ2) is 7.55. The van der Waals surface area contributed by atoms with E-state index < -0.39 is 21.2 Å². The number of rotatable bonds is 6. The smallest absolute Gasteiger partial charge is 0.244 e. The van der Waals surface area contributed by atoms with Gasteiger partial charge in [-0.25, -0.2) is 13.4 Å². The van der Waals surface area contributed by atoms with Gasteiger partial charge in [-0.15, -0.1) is 0 Å². The van der Waals surface area contributed by atoms with Gasteiger partial charge in [0.05, 0.1) is 5.03 Å². The van der Waals surface area contributed by atoms with Crippen LogP contribution in [0.4, 0.5) is 0 Å². The van der Waals surface area contributed by atoms with Gasteiger partial charge in [0.1, 0.15) is 10.1 Å². The van der Waals surface area contributed by atoms with Crippen molar-refractivity contribution in [1.82, 2.24) is 9.29 Å². The van der Waals surface area contributed by atoms with Crippen molar-refractivity contribution in [3.05, 3.63) is 54.2 Å². The van der Waals surface area contributed by atoms with Crippen LogP contribution in [0.2, 0.25) is 0 Å². The second-order valence-electron chi connectivity index (χ2n) is 5.75. The first-order valence-corrected chi connectivity index (χ1v) is 10.3. The summed E-state index contributed by atoms with van der Waals surface area (Å²) >= 11 is 1.21. The first-order valence-electron chi connectivity index (χ1n) is 7.95. The summed E-state index contributed by atoms with van der Waals surface area (Å²) in [6, 6.07) is 12.3. The number of hydrogen-bond acceptors (Lipinski definition) is 5. The molecule has 1 aliphatic heterocycles. The molecule has 25 heavy (non-hydrogen) atoms. The number of carbonyl (C=O) groups excluding carboxylic acids is 1. The predicted octanol–water partition coefficient (Wildman–Crippen LogP) is 2.18. The molecule has 132 valence electrons. The van der Waals surface area contributed by atoms with Crippen LogP contribution in [0, 0.1) is 0 Å². The molecule has 0 aliphatic carbocycles. The molecule has 2 N–H and O–H groups in total. The topological polar surface area (TPSA) is 93.4 Å². The Kier molecular flexibility index (Phi) is 5.41. The predicted molar refractivity (Wildman–Crippen MR) is 96.5 cm³/mol. The number of pyridine rings is 1. The van der Waals surface area contributed by atoms with E-state index in [1.165, 1.54) is 28.3 Å². The molecule has 0 radical (unpaired) electrons. The van der Waals surface area contributed by atoms with Crippen LogP contribution in [-0.4, -0.2) is 36.7 Å². The van der Waals surface area contributed by atoms with Crippen LogP contribution in [0.3, 0.4) is 0 Å². The number of primary amides is 1. The Morgan fingerprint density at radius 3 is 2.36 bits per heavy atom. The highest BCUT2D eigenvalue weighted by Crippen LogP contribution is 2.34. The summed E-state index contributed by atoms with van der Waals surface area (Å²) in [5.74, 6) is -0.466. The number of sulfonamides is 1. The molecule has 1 aliphatic rings. The summed E-state index contributed by atoms with van der Waals surface area (Å²) in [5, 5.41) is -0.0252. The van der Waals surface area contributed by atoms with Crippen molar-refractivity contribution in [2.24, 2.45) is 5.73 Å². The minimum absolute atomic E-state index is 0.175. The van der Waals surface area contributed by atoms with Crippen molar-refractivity contribution in [3.8, 4) is 0 Å². The number of nitrogens with zero attached hydrogens (tertiary/aromatic N) is 2. The van der Waals surface area contributed by atoms with Crippen LogP contribution in [0.15, 0.2) is 58.6 Å². The van der Waals surface area contributed by atoms with Crippen molar-refractivity contribution < 1.29 is 13.2 Å². The molecule has 6 nitrogen and oxygen atoms in total. The van der Waals surface area contributed by atoms with Crippen LogP contribution in [0.5, 0.6) is 0 Å². The summed E-state index contributed by atoms with van der Waals surface area (Å²) in [6.07, 6.45) is 3.12. The number of thioether (sulfide) groups is 1. The Morgan fingerprint density at radius 2 is 1.80 bits per heavy atom. The summed E-state index contributed by atoms with van der Waals surface area (Å²) in [4.78, 5) is 16.2. The molecule has 8 heteroatoms. The zero-order chi connectivity index (χ0) is 17.9. The summed E-state index contributed by atoms with van der Waals surface area (Å²) in [5.41, 5.74) is 6.30. The van der Waals surface area contributed by atoms with Gasteiger partial charge in [0.25, 0.3) is 0 Å². The standard InChI is InChI=1S/C17H19N3O3S2/c18-17(21)16(13-6-2-1-3-7-13)24-15-9-8-14(12-19-15)25(22,23)20-10-4-5-11-20/h1-3,6-9,12,16H,4-5,10-11H2,(H2,18,21)/t16-/m1/s1. The molecule has 1 atom stereocenters. The Labute approximate surface area is 151 Å². The maximum absolute atomic E-state index is 12.5. The van der Waals surface area contributed by atoms with Gasteiger partial charge in [0.15, 0.2) is 0 Å². The quantitative estimate of drug-likeness (QED) is 0.779. The summed E-state index contributed by atoms with van der Waals surface area (Å²) < 4.78 is 26.5. The van der Waals surface area contributed by atoms with Crippen LogP contribution in [0.1, 0.15) is 23.7 Å². The maximum Gasteiger partial charge on any atom is 0.244 e. The van der Waals surface area contributed by atoms with Crippen molar-refractivity contribution in [1.29, 1.82) is 0 Å². The van der Waals surface area contributed by atoms with Crippen molar-refractivity contribution >= 4 is 27.7 Å². The third-order valence-corrected chi connectivity index (χ3v) is 7.12. The van der Waals surface area contributed by atoms with E-state index in [0.29, 0.717) is 18.1 Å². The lowest BCUT2D eigenvalue weighted by Crippen LogP contribution is -2.27. The van der Waals surface area contributed by atoms with E-state index in [2.05, 4.69) is 4.98 Å². The largest absolute Gasteiger partial charge is 0.368 e. The van der Waals surface area contributed by atoms with Gasteiger partial charge >= 0.3 is 0 Å². The fraction of sp³-hybridized carbons (Fsp3) is 0.294. The minimum atomic E-state index is -3.48. The molecule has 0 bridgehead atoms. The highest BCUT2D eigenvalue weighted by molar-refractivity contribution is 8.00. The lowest BCUT2D eigenvalue weighted by atomic mass is 10.1. The van der Waals surface area contributed by atoms with E-state index >= 15 is 0 Å². The molecule has 0 spiro atoms. The Bertz CT molecular complexity index is 833. The molecule has 1 aromatic carbocycles. The lowest BCUT2D eigenvalue weighted by Gasteiger charge is -2.16. The highest BCUT2D eigenvalue weighted by atomic mass is 32.2. The third-order valence-electron chi connectivity index (χ3n) is 4.01. The molecule has 0 saturated carbocycles. The number of aromatic nitrogens is 1. The van der Waals surface area contributed by atoms with Gasteiger partial charge < -0.3 is 5.73 Å². The van der Waals surface area contributed by atoms with E-state index in [1.54, 1.807) is 6.07 Å². The average molecular weight is 377 g/mol. The molecule has 3 rings (SSSR count). The third kappa shape index (κ3) is 4.02. The number of amides is 1. The van der Waals surface area contributed by atoms with E-state index in [1.807, 2.05) is 30.3 Å². The molecule has 2 aromatic rings. The van der Waals surface area contributed by atoms with Crippen molar-refractivity contribution in [2.45, 2.75) is 28.0 Å². The zero-order valence-electron chi connectivity index (χ0n) is 13.5. The first-order chi connectivity index (χ1) is 12.0. The number of nitrogens with two attached hydrogens (primary N) is 1. The molecule has 0 unspecified atom stereocenters. The highest BCUT2D eigenvalue weighted by Gasteiger charge is 2.27. The number of benzene rings is 1. The number of hydrogen-bond donors (Lipinski definition) is 1. The lowest BCUT2D eigenvalue weighted by molar-refractivity contribution is -0.117. The Morgan fingerprint density at radius 1 is 1.12 bits per heavy atom. The van der Waals surface area contributed by atoms with Crippen LogP contribution in [0.25, 0.3) is 0 Å². The van der Waals surface area contributed by atoms with Gasteiger partial charge in [-0.1, -0.05) is 42.1 Å². The van der Waals surface area contributed by atoms with Crippen molar-refractivity contribution in [3.63, 3.8) is 0 Å². The molecule has 1 saturated heterocycles. The van der Waals surface area contributed by atoms with Gasteiger partial charge in [-0.3, -0.25) is 4.79 Å². The summed E-state index contributed by atoms with van der Waals surface area (Å²) in [6.45, 7) is 1.10. The van der Waals surface area contributed by atoms with E-state index in [9.17, 15) is 13.2 Å². The molecule has 1 aromatic heterocycles. The molecular weight excluding hydrogens is 358 g/mol. The molecule has 1 fully saturated rings. The van der Waals surface area contributed by atoms with E-state index in [4.69, 9.17) is 5.73 Å². The normalized spacial score (nSPS) is 16.6. The van der Waals surface area contributed by atoms with E-state index in [-0.39, 0.29) is 4.90 Å². The van der Waals surface area contributed by atoms with Gasteiger partial charge in [0, 0.05) is 19.3 Å². The maximum atomic E-state index is 12.5. The zero-order valence-corrected chi connectivity index (χ0v) is 15.2. The van der Waals surface area contributed by atoms with Gasteiger partial charge in [-0.05, 0) is 30.5 Å². The summed E-state index contributed by atoms with van der Waals surface area (Å²) in [7, 11) is -3.48. The molecular formula is C17H19N3O3S2. The fourth-order valence-corrected chi connectivity index (χ4v) is 5.08. The van der Waals surface area contributed by atoms with Gasteiger partial charge in [-0.2, -0.15) is 4.31 Å². The Balaban J connectivity index is 1.79. The van der Waals surface area contributed by atoms with Gasteiger partial charge in [0.2, 0.25) is 15.9 Å². The van der Waals surface area contributed by atoms with Crippen LogP contribution in [-0.2, 0) is 14.8 Å². The van der Waals surface area contributed by atoms with Crippen LogP contribution >= 0.6 is 11.8 Å². The average Bonchev–Trinajstić information content (AvgIpc) is 3.16. The second-order valence-corrected chi connectivity index (χ2v) is 8.82. The monoisotopic (exact) mass is 377 g/mol. The first kappa shape index (κ1) is 17.9. The SMILES string of the molecule is NC(=O)[C@H](Sc1ccc(S(=O)(=O)N2CCCC2)cn1)c1ccccc1.